The lowest BCUT2D eigenvalue weighted by molar-refractivity contribution is 0.589. The lowest BCUT2D eigenvalue weighted by Crippen LogP contribution is -2.16. The van der Waals surface area contributed by atoms with Gasteiger partial charge in [-0.1, -0.05) is 35.9 Å². The van der Waals surface area contributed by atoms with E-state index >= 15 is 0 Å². The SMILES string of the molecule is Cc1ccc(S(=O)(=O)n2c3c(c4ccccc42)CCc2cn[nH]c2-3)cc1. The maximum Gasteiger partial charge on any atom is 0.268 e. The van der Waals surface area contributed by atoms with Crippen LogP contribution in [0.4, 0.5) is 0 Å². The predicted octanol–water partition coefficient (Wildman–Crippen LogP) is 3.68. The van der Waals surface area contributed by atoms with Gasteiger partial charge in [0.25, 0.3) is 10.0 Å². The van der Waals surface area contributed by atoms with Crippen LogP contribution in [0, 0.1) is 6.92 Å². The van der Waals surface area contributed by atoms with E-state index in [1.54, 1.807) is 18.3 Å². The summed E-state index contributed by atoms with van der Waals surface area (Å²) in [6, 6.07) is 14.7. The van der Waals surface area contributed by atoms with Crippen molar-refractivity contribution in [2.75, 3.05) is 0 Å². The van der Waals surface area contributed by atoms with Gasteiger partial charge in [-0.05, 0) is 49.1 Å². The molecule has 130 valence electrons. The van der Waals surface area contributed by atoms with E-state index in [9.17, 15) is 8.42 Å². The minimum atomic E-state index is -3.73. The molecule has 2 aromatic heterocycles. The number of benzene rings is 2. The molecular formula is C20H17N3O2S. The first-order chi connectivity index (χ1) is 12.6. The van der Waals surface area contributed by atoms with Crippen molar-refractivity contribution in [1.29, 1.82) is 0 Å². The van der Waals surface area contributed by atoms with E-state index in [0.29, 0.717) is 16.1 Å². The van der Waals surface area contributed by atoms with Crippen molar-refractivity contribution in [1.82, 2.24) is 14.2 Å². The van der Waals surface area contributed by atoms with Crippen LogP contribution in [-0.4, -0.2) is 22.6 Å². The maximum absolute atomic E-state index is 13.6. The monoisotopic (exact) mass is 363 g/mol. The molecule has 5 rings (SSSR count). The summed E-state index contributed by atoms with van der Waals surface area (Å²) in [4.78, 5) is 0.290. The summed E-state index contributed by atoms with van der Waals surface area (Å²) < 4.78 is 28.6. The molecule has 5 nitrogen and oxygen atoms in total. The molecule has 1 aliphatic rings. The van der Waals surface area contributed by atoms with Crippen LogP contribution in [0.15, 0.2) is 59.6 Å². The van der Waals surface area contributed by atoms with Gasteiger partial charge in [0.1, 0.15) is 0 Å². The van der Waals surface area contributed by atoms with Crippen molar-refractivity contribution in [3.63, 3.8) is 0 Å². The molecule has 0 spiro atoms. The fourth-order valence-electron chi connectivity index (χ4n) is 3.81. The zero-order valence-electron chi connectivity index (χ0n) is 14.2. The Balaban J connectivity index is 1.90. The number of nitrogens with zero attached hydrogens (tertiary/aromatic N) is 2. The van der Waals surface area contributed by atoms with Gasteiger partial charge >= 0.3 is 0 Å². The first kappa shape index (κ1) is 15.4. The molecule has 0 radical (unpaired) electrons. The normalized spacial score (nSPS) is 13.6. The number of hydrogen-bond donors (Lipinski definition) is 1. The summed E-state index contributed by atoms with van der Waals surface area (Å²) in [5.74, 6) is 0. The van der Waals surface area contributed by atoms with Gasteiger partial charge in [-0.15, -0.1) is 0 Å². The number of para-hydroxylation sites is 1. The fraction of sp³-hybridized carbons (Fsp3) is 0.150. The average Bonchev–Trinajstić information content (AvgIpc) is 3.24. The van der Waals surface area contributed by atoms with Crippen molar-refractivity contribution in [2.24, 2.45) is 0 Å². The Morgan fingerprint density at radius 1 is 1.04 bits per heavy atom. The van der Waals surface area contributed by atoms with Crippen molar-refractivity contribution >= 4 is 20.9 Å². The molecule has 2 aromatic carbocycles. The molecule has 0 fully saturated rings. The van der Waals surface area contributed by atoms with Crippen molar-refractivity contribution < 1.29 is 8.42 Å². The molecule has 1 N–H and O–H groups in total. The Hall–Kier alpha value is -2.86. The zero-order valence-corrected chi connectivity index (χ0v) is 15.0. The summed E-state index contributed by atoms with van der Waals surface area (Å²) >= 11 is 0. The highest BCUT2D eigenvalue weighted by molar-refractivity contribution is 7.90. The molecule has 2 heterocycles. The van der Waals surface area contributed by atoms with Gasteiger partial charge in [0.2, 0.25) is 0 Å². The number of nitrogens with one attached hydrogen (secondary N) is 1. The summed E-state index contributed by atoms with van der Waals surface area (Å²) in [5, 5.41) is 8.14. The first-order valence-electron chi connectivity index (χ1n) is 8.54. The molecule has 0 saturated heterocycles. The van der Waals surface area contributed by atoms with Crippen LogP contribution in [-0.2, 0) is 22.9 Å². The number of aromatic amines is 1. The molecule has 0 aliphatic heterocycles. The van der Waals surface area contributed by atoms with Gasteiger partial charge < -0.3 is 0 Å². The predicted molar refractivity (Wildman–Crippen MR) is 101 cm³/mol. The second kappa shape index (κ2) is 5.32. The Morgan fingerprint density at radius 2 is 1.81 bits per heavy atom. The Labute approximate surface area is 151 Å². The van der Waals surface area contributed by atoms with Gasteiger partial charge in [0, 0.05) is 5.39 Å². The molecule has 0 saturated carbocycles. The van der Waals surface area contributed by atoms with Gasteiger partial charge in [0.05, 0.1) is 28.0 Å². The third-order valence-corrected chi connectivity index (χ3v) is 6.82. The quantitative estimate of drug-likeness (QED) is 0.591. The van der Waals surface area contributed by atoms with Crippen LogP contribution in [0.25, 0.3) is 22.3 Å². The Bertz CT molecular complexity index is 1250. The highest BCUT2D eigenvalue weighted by Crippen LogP contribution is 2.40. The minimum Gasteiger partial charge on any atom is -0.276 e. The van der Waals surface area contributed by atoms with E-state index in [0.717, 1.165) is 40.6 Å². The lowest BCUT2D eigenvalue weighted by Gasteiger charge is -2.16. The van der Waals surface area contributed by atoms with Gasteiger partial charge in [-0.25, -0.2) is 12.4 Å². The zero-order chi connectivity index (χ0) is 17.9. The minimum absolute atomic E-state index is 0.290. The third kappa shape index (κ3) is 2.02. The number of fused-ring (bicyclic) bond motifs is 5. The molecular weight excluding hydrogens is 346 g/mol. The number of rotatable bonds is 2. The van der Waals surface area contributed by atoms with E-state index in [-0.39, 0.29) is 0 Å². The number of aryl methyl sites for hydroxylation is 3. The summed E-state index contributed by atoms with van der Waals surface area (Å²) in [6.45, 7) is 1.94. The second-order valence-corrected chi connectivity index (χ2v) is 8.48. The standard InChI is InChI=1S/C20H17N3O2S/c1-13-6-9-15(10-7-13)26(24,25)23-18-5-3-2-4-16(18)17-11-8-14-12-21-22-19(14)20(17)23/h2-7,9-10,12H,8,11H2,1H3,(H,21,22). The van der Waals surface area contributed by atoms with Crippen LogP contribution in [0.2, 0.25) is 0 Å². The van der Waals surface area contributed by atoms with Crippen LogP contribution >= 0.6 is 0 Å². The van der Waals surface area contributed by atoms with E-state index in [1.165, 1.54) is 3.97 Å². The van der Waals surface area contributed by atoms with Crippen molar-refractivity contribution in [3.05, 3.63) is 71.4 Å². The van der Waals surface area contributed by atoms with Crippen LogP contribution in [0.3, 0.4) is 0 Å². The summed E-state index contributed by atoms with van der Waals surface area (Å²) in [7, 11) is -3.73. The van der Waals surface area contributed by atoms with Crippen molar-refractivity contribution in [2.45, 2.75) is 24.7 Å². The van der Waals surface area contributed by atoms with E-state index in [2.05, 4.69) is 10.2 Å². The van der Waals surface area contributed by atoms with Gasteiger partial charge in [-0.2, -0.15) is 5.10 Å². The summed E-state index contributed by atoms with van der Waals surface area (Å²) in [6.07, 6.45) is 3.45. The highest BCUT2D eigenvalue weighted by atomic mass is 32.2. The smallest absolute Gasteiger partial charge is 0.268 e. The molecule has 0 atom stereocenters. The molecule has 0 unspecified atom stereocenters. The largest absolute Gasteiger partial charge is 0.276 e. The fourth-order valence-corrected chi connectivity index (χ4v) is 5.36. The van der Waals surface area contributed by atoms with E-state index in [4.69, 9.17) is 0 Å². The van der Waals surface area contributed by atoms with Gasteiger partial charge in [-0.3, -0.25) is 5.10 Å². The highest BCUT2D eigenvalue weighted by Gasteiger charge is 2.31. The Morgan fingerprint density at radius 3 is 2.62 bits per heavy atom. The number of H-pyrrole nitrogens is 1. The topological polar surface area (TPSA) is 67.8 Å². The Kier molecular flexibility index (Phi) is 3.15. The molecule has 6 heteroatoms. The summed E-state index contributed by atoms with van der Waals surface area (Å²) in [5.41, 5.74) is 5.37. The van der Waals surface area contributed by atoms with Crippen molar-refractivity contribution in [3.8, 4) is 11.4 Å². The first-order valence-corrected chi connectivity index (χ1v) is 9.98. The molecule has 4 aromatic rings. The lowest BCUT2D eigenvalue weighted by atomic mass is 9.94. The van der Waals surface area contributed by atoms with Crippen LogP contribution in [0.5, 0.6) is 0 Å². The molecule has 26 heavy (non-hydrogen) atoms. The second-order valence-electron chi connectivity index (χ2n) is 6.70. The maximum atomic E-state index is 13.6. The van der Waals surface area contributed by atoms with E-state index < -0.39 is 10.0 Å². The van der Waals surface area contributed by atoms with Crippen LogP contribution in [0.1, 0.15) is 16.7 Å². The van der Waals surface area contributed by atoms with E-state index in [1.807, 2.05) is 43.3 Å². The van der Waals surface area contributed by atoms with Gasteiger partial charge in [0.15, 0.2) is 0 Å². The van der Waals surface area contributed by atoms with Crippen LogP contribution < -0.4 is 0 Å². The number of hydrogen-bond acceptors (Lipinski definition) is 3. The number of aromatic nitrogens is 3. The third-order valence-electron chi connectivity index (χ3n) is 5.10. The molecule has 0 bridgehead atoms. The average molecular weight is 363 g/mol. The molecule has 1 aliphatic carbocycles. The molecule has 0 amide bonds.